The number of rotatable bonds is 14. The highest BCUT2D eigenvalue weighted by Crippen LogP contribution is 2.39. The number of aryl methyl sites for hydroxylation is 1. The Balaban J connectivity index is 1.35. The highest BCUT2D eigenvalue weighted by Gasteiger charge is 2.42. The molecular formula is C34H45ClN4O7. The third-order valence-electron chi connectivity index (χ3n) is 9.09. The minimum Gasteiger partial charge on any atom is -0.481 e. The number of aliphatic hydroxyl groups excluding tert-OH is 1. The molecule has 0 amide bonds. The van der Waals surface area contributed by atoms with Gasteiger partial charge in [-0.3, -0.25) is 9.69 Å². The van der Waals surface area contributed by atoms with Crippen LogP contribution in [0.15, 0.2) is 42.5 Å². The van der Waals surface area contributed by atoms with Crippen LogP contribution in [0.1, 0.15) is 48.8 Å². The fraction of sp³-hybridized carbons (Fsp3) is 0.559. The summed E-state index contributed by atoms with van der Waals surface area (Å²) < 4.78 is 24.1. The number of piperidine rings is 1. The van der Waals surface area contributed by atoms with Crippen LogP contribution in [-0.4, -0.2) is 113 Å². The SMILES string of the molecule is COc1nc(OCC2(OCCCN3CCC(O)CC3)C=CC=C(c3ccccc3C)C2Cl)nc(OC)c1CN1CCC[C@H]1C(=O)O. The first-order valence-corrected chi connectivity index (χ1v) is 16.4. The van der Waals surface area contributed by atoms with E-state index in [0.717, 1.165) is 62.0 Å². The molecule has 250 valence electrons. The number of carboxylic acids is 1. The molecule has 3 aliphatic rings. The molecule has 2 saturated heterocycles. The van der Waals surface area contributed by atoms with Crippen molar-refractivity contribution >= 4 is 23.1 Å². The minimum atomic E-state index is -1.03. The number of carboxylic acid groups (broad SMARTS) is 1. The second kappa shape index (κ2) is 15.6. The van der Waals surface area contributed by atoms with Crippen LogP contribution in [0, 0.1) is 6.92 Å². The molecule has 1 aromatic heterocycles. The summed E-state index contributed by atoms with van der Waals surface area (Å²) in [5.41, 5.74) is 2.60. The van der Waals surface area contributed by atoms with E-state index in [2.05, 4.69) is 33.9 Å². The quantitative estimate of drug-likeness (QED) is 0.226. The van der Waals surface area contributed by atoms with E-state index >= 15 is 0 Å². The summed E-state index contributed by atoms with van der Waals surface area (Å²) >= 11 is 7.29. The molecule has 0 radical (unpaired) electrons. The van der Waals surface area contributed by atoms with Gasteiger partial charge >= 0.3 is 12.0 Å². The number of ether oxygens (including phenoxy) is 4. The fourth-order valence-electron chi connectivity index (χ4n) is 6.49. The monoisotopic (exact) mass is 656 g/mol. The summed E-state index contributed by atoms with van der Waals surface area (Å²) in [6, 6.07) is 7.56. The second-order valence-electron chi connectivity index (χ2n) is 12.1. The number of likely N-dealkylation sites (tertiary alicyclic amines) is 2. The van der Waals surface area contributed by atoms with Gasteiger partial charge in [0.25, 0.3) is 0 Å². The van der Waals surface area contributed by atoms with Gasteiger partial charge in [-0.15, -0.1) is 11.6 Å². The third-order valence-corrected chi connectivity index (χ3v) is 9.70. The van der Waals surface area contributed by atoms with Crippen molar-refractivity contribution in [2.75, 3.05) is 53.6 Å². The lowest BCUT2D eigenvalue weighted by atomic mass is 9.84. The third kappa shape index (κ3) is 7.83. The number of carbonyl (C=O) groups is 1. The van der Waals surface area contributed by atoms with Crippen molar-refractivity contribution < 1.29 is 34.0 Å². The Morgan fingerprint density at radius 1 is 1.09 bits per heavy atom. The second-order valence-corrected chi connectivity index (χ2v) is 12.6. The van der Waals surface area contributed by atoms with E-state index in [4.69, 9.17) is 30.5 Å². The Labute approximate surface area is 275 Å². The standard InChI is InChI=1S/C34H45ClN4O7/c1-23-9-4-5-10-25(23)26-11-6-15-34(29(26)35,46-20-8-16-38-18-13-24(40)14-19-38)22-45-33-36-30(43-2)27(31(37-33)44-3)21-39-17-7-12-28(39)32(41)42/h4-6,9-11,15,24,28-29,40H,7-8,12-14,16-22H2,1-3H3,(H,41,42)/t28-,29?,34?/m0/s1. The number of nitrogens with zero attached hydrogens (tertiary/aromatic N) is 4. The smallest absolute Gasteiger partial charge is 0.323 e. The predicted molar refractivity (Wildman–Crippen MR) is 175 cm³/mol. The number of aliphatic hydroxyl groups is 1. The molecule has 3 atom stereocenters. The Kier molecular flexibility index (Phi) is 11.6. The van der Waals surface area contributed by atoms with Crippen molar-refractivity contribution in [3.05, 3.63) is 59.2 Å². The minimum absolute atomic E-state index is 0.0235. The summed E-state index contributed by atoms with van der Waals surface area (Å²) in [6.07, 6.45) is 9.44. The van der Waals surface area contributed by atoms with Gasteiger partial charge in [-0.05, 0) is 68.3 Å². The number of alkyl halides is 1. The molecule has 1 aromatic carbocycles. The number of hydrogen-bond donors (Lipinski definition) is 2. The van der Waals surface area contributed by atoms with Gasteiger partial charge in [-0.2, -0.15) is 9.97 Å². The van der Waals surface area contributed by atoms with Crippen LogP contribution in [0.5, 0.6) is 17.8 Å². The molecule has 2 aliphatic heterocycles. The van der Waals surface area contributed by atoms with Gasteiger partial charge < -0.3 is 34.1 Å². The summed E-state index contributed by atoms with van der Waals surface area (Å²) in [5, 5.41) is 18.9. The number of benzene rings is 1. The van der Waals surface area contributed by atoms with Crippen molar-refractivity contribution in [3.8, 4) is 17.8 Å². The Morgan fingerprint density at radius 3 is 2.48 bits per heavy atom. The highest BCUT2D eigenvalue weighted by atomic mass is 35.5. The number of aliphatic carboxylic acids is 1. The molecule has 12 heteroatoms. The number of aromatic nitrogens is 2. The maximum Gasteiger partial charge on any atom is 0.323 e. The van der Waals surface area contributed by atoms with Crippen LogP contribution in [0.2, 0.25) is 0 Å². The molecule has 46 heavy (non-hydrogen) atoms. The van der Waals surface area contributed by atoms with Gasteiger partial charge in [0.15, 0.2) is 0 Å². The number of hydrogen-bond acceptors (Lipinski definition) is 10. The zero-order valence-electron chi connectivity index (χ0n) is 26.9. The number of halogens is 1. The van der Waals surface area contributed by atoms with E-state index in [1.54, 1.807) is 0 Å². The number of methoxy groups -OCH3 is 2. The Bertz CT molecular complexity index is 1390. The molecule has 0 bridgehead atoms. The van der Waals surface area contributed by atoms with Crippen molar-refractivity contribution in [3.63, 3.8) is 0 Å². The van der Waals surface area contributed by atoms with Gasteiger partial charge in [0.1, 0.15) is 18.2 Å². The molecule has 0 saturated carbocycles. The summed E-state index contributed by atoms with van der Waals surface area (Å²) in [4.78, 5) is 25.1. The van der Waals surface area contributed by atoms with Crippen LogP contribution in [0.4, 0.5) is 0 Å². The predicted octanol–water partition coefficient (Wildman–Crippen LogP) is 4.09. The van der Waals surface area contributed by atoms with E-state index in [0.29, 0.717) is 25.1 Å². The van der Waals surface area contributed by atoms with Crippen LogP contribution < -0.4 is 14.2 Å². The average Bonchev–Trinajstić information content (AvgIpc) is 3.53. The lowest BCUT2D eigenvalue weighted by Crippen LogP contribution is -2.48. The maximum absolute atomic E-state index is 11.8. The van der Waals surface area contributed by atoms with E-state index < -0.39 is 23.0 Å². The molecule has 5 rings (SSSR count). The largest absolute Gasteiger partial charge is 0.481 e. The molecule has 0 spiro atoms. The van der Waals surface area contributed by atoms with Crippen LogP contribution in [-0.2, 0) is 16.1 Å². The summed E-state index contributed by atoms with van der Waals surface area (Å²) in [6.45, 7) is 6.05. The lowest BCUT2D eigenvalue weighted by molar-refractivity contribution is -0.142. The zero-order valence-corrected chi connectivity index (χ0v) is 27.6. The summed E-state index contributed by atoms with van der Waals surface area (Å²) in [7, 11) is 3.00. The molecular weight excluding hydrogens is 612 g/mol. The normalized spacial score (nSPS) is 24.2. The van der Waals surface area contributed by atoms with Crippen LogP contribution >= 0.6 is 11.6 Å². The summed E-state index contributed by atoms with van der Waals surface area (Å²) in [5.74, 6) is -0.352. The number of allylic oxidation sites excluding steroid dienone is 2. The molecule has 3 heterocycles. The van der Waals surface area contributed by atoms with Gasteiger partial charge in [0.2, 0.25) is 11.8 Å². The molecule has 2 unspecified atom stereocenters. The van der Waals surface area contributed by atoms with E-state index in [-0.39, 0.29) is 37.0 Å². The van der Waals surface area contributed by atoms with E-state index in [9.17, 15) is 15.0 Å². The molecule has 2 N–H and O–H groups in total. The molecule has 2 fully saturated rings. The topological polar surface area (TPSA) is 127 Å². The molecule has 1 aliphatic carbocycles. The fourth-order valence-corrected chi connectivity index (χ4v) is 6.87. The van der Waals surface area contributed by atoms with Crippen molar-refractivity contribution in [1.29, 1.82) is 0 Å². The van der Waals surface area contributed by atoms with E-state index in [1.807, 2.05) is 35.3 Å². The highest BCUT2D eigenvalue weighted by molar-refractivity contribution is 6.28. The van der Waals surface area contributed by atoms with Crippen molar-refractivity contribution in [2.45, 2.75) is 68.7 Å². The first kappa shape index (κ1) is 34.1. The molecule has 11 nitrogen and oxygen atoms in total. The molecule has 2 aromatic rings. The lowest BCUT2D eigenvalue weighted by Gasteiger charge is -2.38. The van der Waals surface area contributed by atoms with Gasteiger partial charge in [-0.25, -0.2) is 0 Å². The average molecular weight is 657 g/mol. The first-order chi connectivity index (χ1) is 22.2. The van der Waals surface area contributed by atoms with Crippen LogP contribution in [0.25, 0.3) is 5.57 Å². The van der Waals surface area contributed by atoms with Crippen molar-refractivity contribution in [1.82, 2.24) is 19.8 Å². The Hall–Kier alpha value is -3.22. The van der Waals surface area contributed by atoms with Crippen molar-refractivity contribution in [2.24, 2.45) is 0 Å². The zero-order chi connectivity index (χ0) is 32.7. The maximum atomic E-state index is 11.8. The van der Waals surface area contributed by atoms with Gasteiger partial charge in [-0.1, -0.05) is 36.4 Å². The first-order valence-electron chi connectivity index (χ1n) is 16.0. The Morgan fingerprint density at radius 2 is 1.80 bits per heavy atom. The van der Waals surface area contributed by atoms with Gasteiger partial charge in [0.05, 0.1) is 31.3 Å². The van der Waals surface area contributed by atoms with Crippen LogP contribution in [0.3, 0.4) is 0 Å². The van der Waals surface area contributed by atoms with Gasteiger partial charge in [0, 0.05) is 32.8 Å². The van der Waals surface area contributed by atoms with E-state index in [1.165, 1.54) is 14.2 Å².